The summed E-state index contributed by atoms with van der Waals surface area (Å²) in [5.74, 6) is 0.882. The molecule has 0 saturated carbocycles. The van der Waals surface area contributed by atoms with Crippen LogP contribution in [0.2, 0.25) is 5.02 Å². The highest BCUT2D eigenvalue weighted by molar-refractivity contribution is 6.31. The van der Waals surface area contributed by atoms with Crippen LogP contribution in [0.25, 0.3) is 0 Å². The van der Waals surface area contributed by atoms with E-state index in [-0.39, 0.29) is 0 Å². The van der Waals surface area contributed by atoms with Crippen molar-refractivity contribution >= 4 is 11.6 Å². The zero-order valence-electron chi connectivity index (χ0n) is 11.9. The molecule has 106 valence electrons. The van der Waals surface area contributed by atoms with Crippen molar-refractivity contribution in [3.63, 3.8) is 0 Å². The normalized spacial score (nSPS) is 20.2. The summed E-state index contributed by atoms with van der Waals surface area (Å²) in [5.41, 5.74) is 1.09. The second kappa shape index (κ2) is 6.60. The minimum Gasteiger partial charge on any atom is -0.496 e. The minimum absolute atomic E-state index is 0.541. The summed E-state index contributed by atoms with van der Waals surface area (Å²) in [4.78, 5) is 2.43. The minimum atomic E-state index is 0.541. The number of nitrogens with one attached hydrogen (secondary N) is 1. The largest absolute Gasteiger partial charge is 0.496 e. The van der Waals surface area contributed by atoms with Crippen molar-refractivity contribution < 1.29 is 4.74 Å². The first-order chi connectivity index (χ1) is 9.10. The standard InChI is InChI=1S/C15H23ClN2O/c1-11(2)17-12-7-8-18(9-12)10-13-14(16)5-4-6-15(13)19-3/h4-6,11-12,17H,7-10H2,1-3H3. The number of hydrogen-bond donors (Lipinski definition) is 1. The Morgan fingerprint density at radius 2 is 2.26 bits per heavy atom. The maximum absolute atomic E-state index is 6.29. The Morgan fingerprint density at radius 1 is 1.47 bits per heavy atom. The average molecular weight is 283 g/mol. The van der Waals surface area contributed by atoms with E-state index >= 15 is 0 Å². The molecule has 1 N–H and O–H groups in total. The summed E-state index contributed by atoms with van der Waals surface area (Å²) >= 11 is 6.29. The van der Waals surface area contributed by atoms with Gasteiger partial charge in [-0.2, -0.15) is 0 Å². The molecule has 1 aromatic rings. The van der Waals surface area contributed by atoms with Gasteiger partial charge in [0.05, 0.1) is 7.11 Å². The lowest BCUT2D eigenvalue weighted by Crippen LogP contribution is -2.36. The van der Waals surface area contributed by atoms with Gasteiger partial charge in [-0.25, -0.2) is 0 Å². The number of nitrogens with zero attached hydrogens (tertiary/aromatic N) is 1. The molecule has 1 heterocycles. The quantitative estimate of drug-likeness (QED) is 0.899. The number of halogens is 1. The maximum Gasteiger partial charge on any atom is 0.124 e. The van der Waals surface area contributed by atoms with Gasteiger partial charge in [0.1, 0.15) is 5.75 Å². The first-order valence-corrected chi connectivity index (χ1v) is 7.27. The van der Waals surface area contributed by atoms with Crippen molar-refractivity contribution in [3.8, 4) is 5.75 Å². The first kappa shape index (κ1) is 14.6. The highest BCUT2D eigenvalue weighted by Gasteiger charge is 2.24. The van der Waals surface area contributed by atoms with Crippen LogP contribution in [0.4, 0.5) is 0 Å². The summed E-state index contributed by atoms with van der Waals surface area (Å²) in [6.07, 6.45) is 1.20. The van der Waals surface area contributed by atoms with Gasteiger partial charge >= 0.3 is 0 Å². The third-order valence-corrected chi connectivity index (χ3v) is 3.87. The zero-order valence-corrected chi connectivity index (χ0v) is 12.7. The number of rotatable bonds is 5. The van der Waals surface area contributed by atoms with E-state index in [0.717, 1.165) is 36.0 Å². The van der Waals surface area contributed by atoms with E-state index in [1.165, 1.54) is 6.42 Å². The van der Waals surface area contributed by atoms with Gasteiger partial charge in [0.15, 0.2) is 0 Å². The summed E-state index contributed by atoms with van der Waals surface area (Å²) in [7, 11) is 1.70. The van der Waals surface area contributed by atoms with Crippen LogP contribution in [0.15, 0.2) is 18.2 Å². The van der Waals surface area contributed by atoms with Crippen LogP contribution in [0.5, 0.6) is 5.75 Å². The van der Waals surface area contributed by atoms with Gasteiger partial charge < -0.3 is 10.1 Å². The SMILES string of the molecule is COc1cccc(Cl)c1CN1CCC(NC(C)C)C1. The zero-order chi connectivity index (χ0) is 13.8. The van der Waals surface area contributed by atoms with E-state index in [9.17, 15) is 0 Å². The summed E-state index contributed by atoms with van der Waals surface area (Å²) in [6.45, 7) is 7.43. The highest BCUT2D eigenvalue weighted by Crippen LogP contribution is 2.28. The van der Waals surface area contributed by atoms with Crippen LogP contribution in [0, 0.1) is 0 Å². The Labute approximate surface area is 120 Å². The molecule has 1 saturated heterocycles. The molecule has 1 fully saturated rings. The lowest BCUT2D eigenvalue weighted by Gasteiger charge is -2.20. The molecular weight excluding hydrogens is 260 g/mol. The van der Waals surface area contributed by atoms with E-state index < -0.39 is 0 Å². The smallest absolute Gasteiger partial charge is 0.124 e. The van der Waals surface area contributed by atoms with E-state index in [1.54, 1.807) is 7.11 Å². The van der Waals surface area contributed by atoms with Crippen molar-refractivity contribution in [1.29, 1.82) is 0 Å². The second-order valence-electron chi connectivity index (χ2n) is 5.46. The Balaban J connectivity index is 1.99. The molecule has 1 aliphatic heterocycles. The summed E-state index contributed by atoms with van der Waals surface area (Å²) in [6, 6.07) is 6.96. The first-order valence-electron chi connectivity index (χ1n) is 6.90. The van der Waals surface area contributed by atoms with Gasteiger partial charge in [-0.05, 0) is 18.6 Å². The number of benzene rings is 1. The van der Waals surface area contributed by atoms with Gasteiger partial charge in [-0.3, -0.25) is 4.90 Å². The third-order valence-electron chi connectivity index (χ3n) is 3.52. The fraction of sp³-hybridized carbons (Fsp3) is 0.600. The topological polar surface area (TPSA) is 24.5 Å². The summed E-state index contributed by atoms with van der Waals surface area (Å²) < 4.78 is 5.40. The molecule has 4 heteroatoms. The lowest BCUT2D eigenvalue weighted by molar-refractivity contribution is 0.309. The molecule has 0 amide bonds. The maximum atomic E-state index is 6.29. The molecule has 2 rings (SSSR count). The molecular formula is C15H23ClN2O. The fourth-order valence-corrected chi connectivity index (χ4v) is 2.92. The van der Waals surface area contributed by atoms with Gasteiger partial charge in [-0.1, -0.05) is 31.5 Å². The predicted octanol–water partition coefficient (Wildman–Crippen LogP) is 2.92. The number of likely N-dealkylation sites (tertiary alicyclic amines) is 1. The molecule has 0 aliphatic carbocycles. The molecule has 1 aliphatic rings. The Morgan fingerprint density at radius 3 is 2.95 bits per heavy atom. The molecule has 1 atom stereocenters. The molecule has 0 aromatic heterocycles. The number of methoxy groups -OCH3 is 1. The summed E-state index contributed by atoms with van der Waals surface area (Å²) in [5, 5.41) is 4.39. The van der Waals surface area contributed by atoms with Gasteiger partial charge in [0, 0.05) is 42.3 Å². The molecule has 1 unspecified atom stereocenters. The van der Waals surface area contributed by atoms with Gasteiger partial charge in [-0.15, -0.1) is 0 Å². The van der Waals surface area contributed by atoms with Crippen molar-refractivity contribution in [2.45, 2.75) is 38.9 Å². The van der Waals surface area contributed by atoms with Crippen LogP contribution >= 0.6 is 11.6 Å². The molecule has 0 spiro atoms. The molecule has 0 radical (unpaired) electrons. The predicted molar refractivity (Wildman–Crippen MR) is 80.0 cm³/mol. The Hall–Kier alpha value is -0.770. The van der Waals surface area contributed by atoms with Crippen LogP contribution < -0.4 is 10.1 Å². The van der Waals surface area contributed by atoms with E-state index in [2.05, 4.69) is 24.1 Å². The van der Waals surface area contributed by atoms with E-state index in [4.69, 9.17) is 16.3 Å². The second-order valence-corrected chi connectivity index (χ2v) is 5.87. The van der Waals surface area contributed by atoms with E-state index in [1.807, 2.05) is 18.2 Å². The Bertz CT molecular complexity index is 423. The monoisotopic (exact) mass is 282 g/mol. The highest BCUT2D eigenvalue weighted by atomic mass is 35.5. The third kappa shape index (κ3) is 3.85. The molecule has 19 heavy (non-hydrogen) atoms. The molecule has 1 aromatic carbocycles. The van der Waals surface area contributed by atoms with E-state index in [0.29, 0.717) is 12.1 Å². The van der Waals surface area contributed by atoms with Gasteiger partial charge in [0.2, 0.25) is 0 Å². The molecule has 3 nitrogen and oxygen atoms in total. The Kier molecular flexibility index (Phi) is 5.08. The van der Waals surface area contributed by atoms with Crippen LogP contribution in [-0.2, 0) is 6.54 Å². The average Bonchev–Trinajstić information content (AvgIpc) is 2.78. The fourth-order valence-electron chi connectivity index (χ4n) is 2.69. The van der Waals surface area contributed by atoms with Crippen LogP contribution in [-0.4, -0.2) is 37.2 Å². The van der Waals surface area contributed by atoms with Crippen molar-refractivity contribution in [2.24, 2.45) is 0 Å². The number of ether oxygens (including phenoxy) is 1. The van der Waals surface area contributed by atoms with Crippen molar-refractivity contribution in [1.82, 2.24) is 10.2 Å². The molecule has 0 bridgehead atoms. The van der Waals surface area contributed by atoms with Crippen LogP contribution in [0.3, 0.4) is 0 Å². The number of hydrogen-bond acceptors (Lipinski definition) is 3. The van der Waals surface area contributed by atoms with Crippen molar-refractivity contribution in [3.05, 3.63) is 28.8 Å². The lowest BCUT2D eigenvalue weighted by atomic mass is 10.2. The van der Waals surface area contributed by atoms with Crippen molar-refractivity contribution in [2.75, 3.05) is 20.2 Å². The van der Waals surface area contributed by atoms with Gasteiger partial charge in [0.25, 0.3) is 0 Å². The van der Waals surface area contributed by atoms with Crippen LogP contribution in [0.1, 0.15) is 25.8 Å².